The highest BCUT2D eigenvalue weighted by Gasteiger charge is 1.86. The molecule has 0 unspecified atom stereocenters. The van der Waals surface area contributed by atoms with E-state index in [0.29, 0.717) is 0 Å². The van der Waals surface area contributed by atoms with Crippen LogP contribution in [-0.2, 0) is 0 Å². The van der Waals surface area contributed by atoms with E-state index in [4.69, 9.17) is 0 Å². The summed E-state index contributed by atoms with van der Waals surface area (Å²) in [7, 11) is 0. The van der Waals surface area contributed by atoms with Gasteiger partial charge >= 0.3 is 0 Å². The average molecular weight is 257 g/mol. The molecule has 0 aliphatic carbocycles. The zero-order valence-corrected chi connectivity index (χ0v) is 11.1. The minimum absolute atomic E-state index is 1.20. The maximum atomic E-state index is 4.01. The van der Waals surface area contributed by atoms with Crippen molar-refractivity contribution in [2.24, 2.45) is 0 Å². The number of aromatic nitrogens is 1. The Morgan fingerprint density at radius 3 is 1.30 bits per heavy atom. The topological polar surface area (TPSA) is 12.9 Å². The predicted molar refractivity (Wildman–Crippen MR) is 85.7 cm³/mol. The molecular weight excluding hydrogens is 242 g/mol. The first kappa shape index (κ1) is 12.4. The highest BCUT2D eigenvalue weighted by molar-refractivity contribution is 5.82. The number of hydrogen-bond donors (Lipinski definition) is 0. The van der Waals surface area contributed by atoms with Gasteiger partial charge < -0.3 is 0 Å². The lowest BCUT2D eigenvalue weighted by Crippen LogP contribution is -1.71. The van der Waals surface area contributed by atoms with Gasteiger partial charge in [0, 0.05) is 12.4 Å². The van der Waals surface area contributed by atoms with E-state index in [1.807, 2.05) is 30.6 Å². The fourth-order valence-electron chi connectivity index (χ4n) is 2.16. The zero-order valence-electron chi connectivity index (χ0n) is 11.1. The molecule has 1 heteroatoms. The van der Waals surface area contributed by atoms with Crippen molar-refractivity contribution < 1.29 is 0 Å². The molecule has 96 valence electrons. The molecule has 0 saturated heterocycles. The molecule has 4 aromatic rings. The van der Waals surface area contributed by atoms with Crippen LogP contribution in [0.5, 0.6) is 0 Å². The van der Waals surface area contributed by atoms with Crippen molar-refractivity contribution in [1.82, 2.24) is 4.98 Å². The van der Waals surface area contributed by atoms with Crippen molar-refractivity contribution in [3.8, 4) is 0 Å². The van der Waals surface area contributed by atoms with Crippen molar-refractivity contribution in [3.05, 3.63) is 91.3 Å². The number of fused-ring (bicyclic) bond motifs is 2. The third kappa shape index (κ3) is 2.83. The second-order valence-corrected chi connectivity index (χ2v) is 4.57. The molecule has 20 heavy (non-hydrogen) atoms. The fourth-order valence-corrected chi connectivity index (χ4v) is 2.16. The molecule has 0 aliphatic rings. The van der Waals surface area contributed by atoms with Crippen LogP contribution in [0.25, 0.3) is 21.5 Å². The summed E-state index contributed by atoms with van der Waals surface area (Å²) in [6, 6.07) is 26.9. The molecule has 0 spiro atoms. The van der Waals surface area contributed by atoms with E-state index >= 15 is 0 Å². The van der Waals surface area contributed by atoms with E-state index in [1.165, 1.54) is 21.5 Å². The van der Waals surface area contributed by atoms with Gasteiger partial charge in [0.15, 0.2) is 0 Å². The van der Waals surface area contributed by atoms with Gasteiger partial charge in [-0.2, -0.15) is 0 Å². The van der Waals surface area contributed by atoms with Gasteiger partial charge in [-0.15, -0.1) is 0 Å². The van der Waals surface area contributed by atoms with Gasteiger partial charge in [0.1, 0.15) is 0 Å². The fraction of sp³-hybridized carbons (Fsp3) is 0. The summed E-state index contributed by atoms with van der Waals surface area (Å²) in [6.07, 6.45) is 3.68. The van der Waals surface area contributed by atoms with Crippen molar-refractivity contribution in [3.63, 3.8) is 0 Å². The van der Waals surface area contributed by atoms with Crippen molar-refractivity contribution in [1.29, 1.82) is 0 Å². The molecule has 0 atom stereocenters. The smallest absolute Gasteiger partial charge is 0.0346 e. The summed E-state index contributed by atoms with van der Waals surface area (Å²) in [5, 5.41) is 5.07. The van der Waals surface area contributed by atoms with E-state index in [2.05, 4.69) is 65.6 Å². The van der Waals surface area contributed by atoms with Crippen LogP contribution in [0.2, 0.25) is 0 Å². The molecular formula is C19H15N. The molecule has 1 nitrogen and oxygen atoms in total. The van der Waals surface area contributed by atoms with Gasteiger partial charge in [-0.25, -0.2) is 0 Å². The molecule has 0 bridgehead atoms. The standard InChI is InChI=1S/C10H8.C9H7N/c1-2-6-10-8-4-3-7-9(10)5-1;1-2-4-9-7-10-6-5-8(9)3-1/h1-8H;1-7H. The molecule has 0 aliphatic heterocycles. The lowest BCUT2D eigenvalue weighted by molar-refractivity contribution is 1.36. The second kappa shape index (κ2) is 5.98. The maximum Gasteiger partial charge on any atom is 0.0346 e. The molecule has 1 aromatic heterocycles. The summed E-state index contributed by atoms with van der Waals surface area (Å²) < 4.78 is 0. The minimum Gasteiger partial charge on any atom is -0.264 e. The largest absolute Gasteiger partial charge is 0.264 e. The van der Waals surface area contributed by atoms with Crippen LogP contribution >= 0.6 is 0 Å². The Morgan fingerprint density at radius 1 is 0.450 bits per heavy atom. The van der Waals surface area contributed by atoms with Gasteiger partial charge in [-0.1, -0.05) is 72.8 Å². The Labute approximate surface area is 118 Å². The molecule has 1 heterocycles. The quantitative estimate of drug-likeness (QED) is 0.428. The highest BCUT2D eigenvalue weighted by atomic mass is 14.6. The lowest BCUT2D eigenvalue weighted by atomic mass is 10.1. The Morgan fingerprint density at radius 2 is 0.850 bits per heavy atom. The monoisotopic (exact) mass is 257 g/mol. The van der Waals surface area contributed by atoms with E-state index < -0.39 is 0 Å². The Balaban J connectivity index is 0.000000121. The van der Waals surface area contributed by atoms with Crippen molar-refractivity contribution in [2.45, 2.75) is 0 Å². The number of hydrogen-bond acceptors (Lipinski definition) is 1. The summed E-state index contributed by atoms with van der Waals surface area (Å²) in [5.41, 5.74) is 0. The van der Waals surface area contributed by atoms with Crippen LogP contribution < -0.4 is 0 Å². The normalized spacial score (nSPS) is 10.0. The van der Waals surface area contributed by atoms with Crippen LogP contribution in [0.15, 0.2) is 91.3 Å². The van der Waals surface area contributed by atoms with Gasteiger partial charge in [0.2, 0.25) is 0 Å². The molecule has 0 radical (unpaired) electrons. The van der Waals surface area contributed by atoms with Crippen LogP contribution in [0.1, 0.15) is 0 Å². The Bertz CT molecular complexity index is 619. The van der Waals surface area contributed by atoms with Gasteiger partial charge in [0.05, 0.1) is 0 Å². The van der Waals surface area contributed by atoms with Crippen LogP contribution in [-0.4, -0.2) is 4.98 Å². The summed E-state index contributed by atoms with van der Waals surface area (Å²) in [6.45, 7) is 0. The first-order chi connectivity index (χ1) is 9.93. The van der Waals surface area contributed by atoms with Crippen LogP contribution in [0, 0.1) is 0 Å². The first-order valence-corrected chi connectivity index (χ1v) is 6.66. The number of benzene rings is 3. The molecule has 0 saturated carbocycles. The molecule has 3 aromatic carbocycles. The summed E-state index contributed by atoms with van der Waals surface area (Å²) in [4.78, 5) is 4.01. The van der Waals surface area contributed by atoms with Gasteiger partial charge in [0.25, 0.3) is 0 Å². The third-order valence-corrected chi connectivity index (χ3v) is 3.21. The van der Waals surface area contributed by atoms with Gasteiger partial charge in [-0.3, -0.25) is 4.98 Å². The lowest BCUT2D eigenvalue weighted by Gasteiger charge is -1.92. The Kier molecular flexibility index (Phi) is 3.70. The molecule has 0 fully saturated rings. The second-order valence-electron chi connectivity index (χ2n) is 4.57. The zero-order chi connectivity index (χ0) is 13.6. The highest BCUT2D eigenvalue weighted by Crippen LogP contribution is 2.11. The first-order valence-electron chi connectivity index (χ1n) is 6.66. The van der Waals surface area contributed by atoms with E-state index in [0.717, 1.165) is 0 Å². The Hall–Kier alpha value is -2.67. The van der Waals surface area contributed by atoms with Crippen molar-refractivity contribution in [2.75, 3.05) is 0 Å². The molecule has 0 N–H and O–H groups in total. The van der Waals surface area contributed by atoms with Crippen LogP contribution in [0.3, 0.4) is 0 Å². The molecule has 0 amide bonds. The van der Waals surface area contributed by atoms with E-state index in [-0.39, 0.29) is 0 Å². The van der Waals surface area contributed by atoms with E-state index in [9.17, 15) is 0 Å². The SMILES string of the molecule is c1ccc2ccccc2c1.c1ccc2cnccc2c1. The predicted octanol–water partition coefficient (Wildman–Crippen LogP) is 5.07. The van der Waals surface area contributed by atoms with Crippen molar-refractivity contribution >= 4 is 21.5 Å². The average Bonchev–Trinajstić information content (AvgIpc) is 2.56. The van der Waals surface area contributed by atoms with Gasteiger partial charge in [-0.05, 0) is 27.6 Å². The van der Waals surface area contributed by atoms with Crippen LogP contribution in [0.4, 0.5) is 0 Å². The number of rotatable bonds is 0. The maximum absolute atomic E-state index is 4.01. The summed E-state index contributed by atoms with van der Waals surface area (Å²) >= 11 is 0. The van der Waals surface area contributed by atoms with E-state index in [1.54, 1.807) is 0 Å². The summed E-state index contributed by atoms with van der Waals surface area (Å²) in [5.74, 6) is 0. The number of nitrogens with zero attached hydrogens (tertiary/aromatic N) is 1. The minimum atomic E-state index is 1.20. The number of pyridine rings is 1. The third-order valence-electron chi connectivity index (χ3n) is 3.21. The molecule has 4 rings (SSSR count).